The molecule has 5 nitrogen and oxygen atoms in total. The lowest BCUT2D eigenvalue weighted by Gasteiger charge is -2.22. The van der Waals surface area contributed by atoms with Crippen molar-refractivity contribution < 1.29 is 9.21 Å². The van der Waals surface area contributed by atoms with Gasteiger partial charge in [-0.05, 0) is 38.4 Å². The maximum atomic E-state index is 11.9. The number of pyridine rings is 1. The van der Waals surface area contributed by atoms with Crippen LogP contribution in [0.4, 0.5) is 0 Å². The minimum Gasteiger partial charge on any atom is -0.468 e. The summed E-state index contributed by atoms with van der Waals surface area (Å²) in [4.78, 5) is 17.9. The Balaban J connectivity index is 1.98. The van der Waals surface area contributed by atoms with Crippen molar-refractivity contribution in [3.05, 3.63) is 54.2 Å². The van der Waals surface area contributed by atoms with Crippen LogP contribution in [0.1, 0.15) is 22.3 Å². The molecule has 0 bridgehead atoms. The molecular weight excluding hydrogens is 242 g/mol. The number of carbonyl (C=O) groups excluding carboxylic acids is 1. The highest BCUT2D eigenvalue weighted by atomic mass is 16.3. The number of nitrogens with one attached hydrogen (secondary N) is 1. The second-order valence-electron chi connectivity index (χ2n) is 4.42. The molecule has 0 fully saturated rings. The first-order chi connectivity index (χ1) is 9.18. The number of hydrogen-bond donors (Lipinski definition) is 1. The summed E-state index contributed by atoms with van der Waals surface area (Å²) < 4.78 is 5.39. The van der Waals surface area contributed by atoms with Crippen LogP contribution in [0, 0.1) is 0 Å². The highest BCUT2D eigenvalue weighted by Gasteiger charge is 2.18. The van der Waals surface area contributed by atoms with Crippen molar-refractivity contribution in [2.45, 2.75) is 6.04 Å². The molecule has 1 atom stereocenters. The lowest BCUT2D eigenvalue weighted by atomic mass is 10.2. The van der Waals surface area contributed by atoms with Gasteiger partial charge in [-0.25, -0.2) is 0 Å². The molecule has 1 N–H and O–H groups in total. The number of aromatic nitrogens is 1. The quantitative estimate of drug-likeness (QED) is 0.888. The smallest absolute Gasteiger partial charge is 0.269 e. The molecule has 100 valence electrons. The molecule has 19 heavy (non-hydrogen) atoms. The van der Waals surface area contributed by atoms with Gasteiger partial charge in [0.1, 0.15) is 11.5 Å². The number of amides is 1. The normalized spacial score (nSPS) is 12.4. The van der Waals surface area contributed by atoms with Crippen LogP contribution < -0.4 is 5.32 Å². The van der Waals surface area contributed by atoms with Gasteiger partial charge in [-0.2, -0.15) is 0 Å². The highest BCUT2D eigenvalue weighted by Crippen LogP contribution is 2.17. The van der Waals surface area contributed by atoms with Crippen molar-refractivity contribution in [3.8, 4) is 0 Å². The molecule has 0 aliphatic heterocycles. The number of hydrogen-bond acceptors (Lipinski definition) is 4. The molecule has 2 aromatic rings. The lowest BCUT2D eigenvalue weighted by molar-refractivity contribution is 0.0934. The Morgan fingerprint density at radius 1 is 1.37 bits per heavy atom. The summed E-state index contributed by atoms with van der Waals surface area (Å²) in [6.45, 7) is 0.468. The molecule has 0 spiro atoms. The topological polar surface area (TPSA) is 58.4 Å². The first-order valence-electron chi connectivity index (χ1n) is 6.07. The molecule has 2 rings (SSSR count). The second kappa shape index (κ2) is 6.15. The van der Waals surface area contributed by atoms with Crippen molar-refractivity contribution in [2.75, 3.05) is 20.6 Å². The predicted molar refractivity (Wildman–Crippen MR) is 71.7 cm³/mol. The van der Waals surface area contributed by atoms with Gasteiger partial charge in [0.15, 0.2) is 0 Å². The summed E-state index contributed by atoms with van der Waals surface area (Å²) in [5.41, 5.74) is 0.416. The van der Waals surface area contributed by atoms with Gasteiger partial charge in [-0.15, -0.1) is 0 Å². The molecule has 0 aromatic carbocycles. The van der Waals surface area contributed by atoms with Crippen LogP contribution in [-0.2, 0) is 0 Å². The van der Waals surface area contributed by atoms with Crippen LogP contribution in [0.5, 0.6) is 0 Å². The predicted octanol–water partition coefficient (Wildman–Crippen LogP) is 1.71. The van der Waals surface area contributed by atoms with E-state index in [1.807, 2.05) is 31.1 Å². The number of carbonyl (C=O) groups is 1. The molecule has 0 aliphatic carbocycles. The zero-order chi connectivity index (χ0) is 13.7. The van der Waals surface area contributed by atoms with Crippen molar-refractivity contribution in [1.29, 1.82) is 0 Å². The van der Waals surface area contributed by atoms with Crippen LogP contribution in [-0.4, -0.2) is 36.4 Å². The van der Waals surface area contributed by atoms with Crippen molar-refractivity contribution >= 4 is 5.91 Å². The summed E-state index contributed by atoms with van der Waals surface area (Å²) >= 11 is 0. The summed E-state index contributed by atoms with van der Waals surface area (Å²) in [6.07, 6.45) is 3.23. The molecule has 0 saturated carbocycles. The summed E-state index contributed by atoms with van der Waals surface area (Å²) in [5.74, 6) is 0.644. The fourth-order valence-electron chi connectivity index (χ4n) is 1.80. The molecule has 0 unspecified atom stereocenters. The lowest BCUT2D eigenvalue weighted by Crippen LogP contribution is -2.34. The van der Waals surface area contributed by atoms with Gasteiger partial charge in [0, 0.05) is 12.7 Å². The van der Waals surface area contributed by atoms with Gasteiger partial charge in [-0.3, -0.25) is 14.7 Å². The second-order valence-corrected chi connectivity index (χ2v) is 4.42. The summed E-state index contributed by atoms with van der Waals surface area (Å²) in [6, 6.07) is 9.00. The Kier molecular flexibility index (Phi) is 4.30. The third kappa shape index (κ3) is 3.42. The number of likely N-dealkylation sites (N-methyl/N-ethyl adjacent to an activating group) is 1. The zero-order valence-electron chi connectivity index (χ0n) is 11.0. The van der Waals surface area contributed by atoms with Gasteiger partial charge >= 0.3 is 0 Å². The Morgan fingerprint density at radius 3 is 2.79 bits per heavy atom. The maximum absolute atomic E-state index is 11.9. The average Bonchev–Trinajstić information content (AvgIpc) is 2.93. The number of furan rings is 1. The molecule has 5 heteroatoms. The van der Waals surface area contributed by atoms with Gasteiger partial charge in [0.05, 0.1) is 12.3 Å². The minimum atomic E-state index is -0.181. The van der Waals surface area contributed by atoms with E-state index in [4.69, 9.17) is 4.42 Å². The maximum Gasteiger partial charge on any atom is 0.269 e. The van der Waals surface area contributed by atoms with Crippen LogP contribution in [0.3, 0.4) is 0 Å². The Hall–Kier alpha value is -2.14. The van der Waals surface area contributed by atoms with E-state index in [0.29, 0.717) is 12.2 Å². The first kappa shape index (κ1) is 13.3. The van der Waals surface area contributed by atoms with E-state index in [1.165, 1.54) is 0 Å². The van der Waals surface area contributed by atoms with Gasteiger partial charge < -0.3 is 9.73 Å². The van der Waals surface area contributed by atoms with Crippen LogP contribution in [0.15, 0.2) is 47.2 Å². The van der Waals surface area contributed by atoms with Crippen LogP contribution in [0.2, 0.25) is 0 Å². The summed E-state index contributed by atoms with van der Waals surface area (Å²) in [5, 5.41) is 2.87. The monoisotopic (exact) mass is 259 g/mol. The van der Waals surface area contributed by atoms with Gasteiger partial charge in [0.25, 0.3) is 5.91 Å². The van der Waals surface area contributed by atoms with Gasteiger partial charge in [0.2, 0.25) is 0 Å². The van der Waals surface area contributed by atoms with E-state index >= 15 is 0 Å². The first-order valence-corrected chi connectivity index (χ1v) is 6.07. The molecule has 2 heterocycles. The van der Waals surface area contributed by atoms with E-state index in [0.717, 1.165) is 5.76 Å². The zero-order valence-corrected chi connectivity index (χ0v) is 11.0. The fraction of sp³-hybridized carbons (Fsp3) is 0.286. The SMILES string of the molecule is CN(C)[C@H](CNC(=O)c1ccccn1)c1ccco1. The van der Waals surface area contributed by atoms with E-state index in [2.05, 4.69) is 10.3 Å². The van der Waals surface area contributed by atoms with Crippen molar-refractivity contribution in [2.24, 2.45) is 0 Å². The largest absolute Gasteiger partial charge is 0.468 e. The number of rotatable bonds is 5. The molecule has 0 radical (unpaired) electrons. The molecule has 0 saturated heterocycles. The average molecular weight is 259 g/mol. The third-order valence-corrected chi connectivity index (χ3v) is 2.85. The minimum absolute atomic E-state index is 0.00247. The van der Waals surface area contributed by atoms with E-state index in [1.54, 1.807) is 30.7 Å². The standard InChI is InChI=1S/C14H17N3O2/c1-17(2)12(13-7-5-9-19-13)10-16-14(18)11-6-3-4-8-15-11/h3-9,12H,10H2,1-2H3,(H,16,18)/t12-/m1/s1. The fourth-order valence-corrected chi connectivity index (χ4v) is 1.80. The molecule has 2 aromatic heterocycles. The Morgan fingerprint density at radius 2 is 2.21 bits per heavy atom. The highest BCUT2D eigenvalue weighted by molar-refractivity contribution is 5.92. The Bertz CT molecular complexity index is 509. The Labute approximate surface area is 112 Å². The molecular formula is C14H17N3O2. The van der Waals surface area contributed by atoms with E-state index < -0.39 is 0 Å². The number of nitrogens with zero attached hydrogens (tertiary/aromatic N) is 2. The van der Waals surface area contributed by atoms with Crippen LogP contribution >= 0.6 is 0 Å². The molecule has 1 amide bonds. The van der Waals surface area contributed by atoms with Gasteiger partial charge in [-0.1, -0.05) is 6.07 Å². The summed E-state index contributed by atoms with van der Waals surface area (Å²) in [7, 11) is 3.89. The van der Waals surface area contributed by atoms with Crippen molar-refractivity contribution in [1.82, 2.24) is 15.2 Å². The van der Waals surface area contributed by atoms with E-state index in [-0.39, 0.29) is 11.9 Å². The van der Waals surface area contributed by atoms with Crippen molar-refractivity contribution in [3.63, 3.8) is 0 Å². The van der Waals surface area contributed by atoms with E-state index in [9.17, 15) is 4.79 Å². The van der Waals surface area contributed by atoms with Crippen LogP contribution in [0.25, 0.3) is 0 Å². The third-order valence-electron chi connectivity index (χ3n) is 2.85. The molecule has 0 aliphatic rings.